The molecular formula is C15H21NO4. The number of carbonyl (C=O) groups is 1. The fourth-order valence-corrected chi connectivity index (χ4v) is 2.47. The Morgan fingerprint density at radius 1 is 1.55 bits per heavy atom. The highest BCUT2D eigenvalue weighted by atomic mass is 16.5. The van der Waals surface area contributed by atoms with Crippen LogP contribution in [0.1, 0.15) is 24.3 Å². The number of ether oxygens (including phenoxy) is 2. The van der Waals surface area contributed by atoms with E-state index in [9.17, 15) is 4.79 Å². The second-order valence-electron chi connectivity index (χ2n) is 4.90. The number of fused-ring (bicyclic) bond motifs is 1. The molecule has 2 rings (SSSR count). The number of amides is 1. The monoisotopic (exact) mass is 279 g/mol. The largest absolute Gasteiger partial charge is 0.493 e. The average Bonchev–Trinajstić information content (AvgIpc) is 2.47. The number of benzene rings is 1. The minimum Gasteiger partial charge on any atom is -0.493 e. The van der Waals surface area contributed by atoms with Gasteiger partial charge in [-0.1, -0.05) is 18.2 Å². The van der Waals surface area contributed by atoms with Crippen LogP contribution in [0.25, 0.3) is 0 Å². The van der Waals surface area contributed by atoms with Gasteiger partial charge in [-0.25, -0.2) is 0 Å². The quantitative estimate of drug-likeness (QED) is 0.817. The number of para-hydroxylation sites is 1. The zero-order chi connectivity index (χ0) is 14.4. The highest BCUT2D eigenvalue weighted by Crippen LogP contribution is 2.33. The van der Waals surface area contributed by atoms with Gasteiger partial charge in [0.25, 0.3) is 0 Å². The Morgan fingerprint density at radius 2 is 2.35 bits per heavy atom. The van der Waals surface area contributed by atoms with Gasteiger partial charge in [-0.05, 0) is 18.9 Å². The predicted molar refractivity (Wildman–Crippen MR) is 74.8 cm³/mol. The normalized spacial score (nSPS) is 18.8. The molecule has 1 aromatic carbocycles. The minimum absolute atomic E-state index is 0.0265. The molecule has 1 aliphatic rings. The number of carbonyl (C=O) groups excluding carboxylic acids is 1. The molecule has 2 N–H and O–H groups in total. The molecule has 0 saturated heterocycles. The average molecular weight is 279 g/mol. The van der Waals surface area contributed by atoms with Gasteiger partial charge in [-0.15, -0.1) is 0 Å². The molecule has 1 amide bonds. The molecule has 20 heavy (non-hydrogen) atoms. The molecule has 0 aliphatic carbocycles. The van der Waals surface area contributed by atoms with E-state index in [4.69, 9.17) is 14.6 Å². The van der Waals surface area contributed by atoms with Crippen molar-refractivity contribution in [2.45, 2.75) is 24.8 Å². The minimum atomic E-state index is -0.196. The topological polar surface area (TPSA) is 67.8 Å². The summed E-state index contributed by atoms with van der Waals surface area (Å²) in [5.41, 5.74) is 0.927. The van der Waals surface area contributed by atoms with E-state index in [1.807, 2.05) is 24.3 Å². The number of nitrogens with one attached hydrogen (secondary N) is 1. The van der Waals surface area contributed by atoms with Crippen LogP contribution in [0.5, 0.6) is 5.75 Å². The molecule has 5 heteroatoms. The lowest BCUT2D eigenvalue weighted by atomic mass is 9.92. The number of hydrogen-bond acceptors (Lipinski definition) is 4. The smallest absolute Gasteiger partial charge is 0.228 e. The van der Waals surface area contributed by atoms with Crippen LogP contribution in [-0.4, -0.2) is 44.0 Å². The fourth-order valence-electron chi connectivity index (χ4n) is 2.47. The number of hydrogen-bond donors (Lipinski definition) is 2. The van der Waals surface area contributed by atoms with Gasteiger partial charge < -0.3 is 19.9 Å². The molecule has 110 valence electrons. The lowest BCUT2D eigenvalue weighted by Crippen LogP contribution is -2.42. The molecule has 0 radical (unpaired) electrons. The molecule has 0 fully saturated rings. The number of rotatable bonds is 6. The maximum atomic E-state index is 12.4. The standard InChI is InChI=1S/C15H21NO4/c1-19-10-11(6-8-17)16-15(18)13-7-9-20-14-5-3-2-4-12(13)14/h2-5,11,13,17H,6-10H2,1H3,(H,16,18). The van der Waals surface area contributed by atoms with Gasteiger partial charge in [0.2, 0.25) is 5.91 Å². The van der Waals surface area contributed by atoms with Crippen molar-refractivity contribution in [3.8, 4) is 5.75 Å². The van der Waals surface area contributed by atoms with Crippen LogP contribution < -0.4 is 10.1 Å². The Morgan fingerprint density at radius 3 is 3.10 bits per heavy atom. The highest BCUT2D eigenvalue weighted by molar-refractivity contribution is 5.85. The van der Waals surface area contributed by atoms with Crippen molar-refractivity contribution >= 4 is 5.91 Å². The third-order valence-corrected chi connectivity index (χ3v) is 3.47. The predicted octanol–water partition coefficient (Wildman–Crippen LogP) is 1.07. The second-order valence-corrected chi connectivity index (χ2v) is 4.90. The summed E-state index contributed by atoms with van der Waals surface area (Å²) in [5.74, 6) is 0.554. The third-order valence-electron chi connectivity index (χ3n) is 3.47. The molecule has 2 atom stereocenters. The summed E-state index contributed by atoms with van der Waals surface area (Å²) in [4.78, 5) is 12.4. The molecule has 1 heterocycles. The van der Waals surface area contributed by atoms with E-state index >= 15 is 0 Å². The van der Waals surface area contributed by atoms with Crippen LogP contribution in [0.4, 0.5) is 0 Å². The molecule has 0 saturated carbocycles. The molecule has 5 nitrogen and oxygen atoms in total. The first-order valence-corrected chi connectivity index (χ1v) is 6.88. The van der Waals surface area contributed by atoms with Crippen LogP contribution >= 0.6 is 0 Å². The van der Waals surface area contributed by atoms with Crippen molar-refractivity contribution in [2.24, 2.45) is 0 Å². The Bertz CT molecular complexity index is 443. The molecule has 0 spiro atoms. The van der Waals surface area contributed by atoms with Gasteiger partial charge in [-0.2, -0.15) is 0 Å². The fraction of sp³-hybridized carbons (Fsp3) is 0.533. The van der Waals surface area contributed by atoms with Gasteiger partial charge in [0, 0.05) is 19.3 Å². The number of methoxy groups -OCH3 is 1. The van der Waals surface area contributed by atoms with E-state index in [0.29, 0.717) is 26.1 Å². The van der Waals surface area contributed by atoms with Crippen molar-refractivity contribution in [1.29, 1.82) is 0 Å². The summed E-state index contributed by atoms with van der Waals surface area (Å²) in [6.45, 7) is 0.972. The molecule has 1 aromatic rings. The zero-order valence-electron chi connectivity index (χ0n) is 11.7. The Hall–Kier alpha value is -1.59. The molecule has 1 aliphatic heterocycles. The van der Waals surface area contributed by atoms with Crippen LogP contribution in [0.15, 0.2) is 24.3 Å². The highest BCUT2D eigenvalue weighted by Gasteiger charge is 2.28. The third kappa shape index (κ3) is 3.49. The lowest BCUT2D eigenvalue weighted by Gasteiger charge is -2.27. The summed E-state index contributed by atoms with van der Waals surface area (Å²) in [6.07, 6.45) is 1.16. The number of aliphatic hydroxyl groups excluding tert-OH is 1. The van der Waals surface area contributed by atoms with E-state index in [1.165, 1.54) is 0 Å². The maximum Gasteiger partial charge on any atom is 0.228 e. The van der Waals surface area contributed by atoms with Crippen LogP contribution in [0.3, 0.4) is 0 Å². The van der Waals surface area contributed by atoms with Crippen LogP contribution in [0, 0.1) is 0 Å². The van der Waals surface area contributed by atoms with Gasteiger partial charge in [0.05, 0.1) is 25.2 Å². The summed E-state index contributed by atoms with van der Waals surface area (Å²) in [7, 11) is 1.58. The SMILES string of the molecule is COCC(CCO)NC(=O)C1CCOc2ccccc21. The van der Waals surface area contributed by atoms with Gasteiger partial charge >= 0.3 is 0 Å². The summed E-state index contributed by atoms with van der Waals surface area (Å²) in [6, 6.07) is 7.46. The maximum absolute atomic E-state index is 12.4. The van der Waals surface area contributed by atoms with Gasteiger partial charge in [0.15, 0.2) is 0 Å². The van der Waals surface area contributed by atoms with Gasteiger partial charge in [-0.3, -0.25) is 4.79 Å². The van der Waals surface area contributed by atoms with Crippen molar-refractivity contribution in [3.05, 3.63) is 29.8 Å². The summed E-state index contributed by atoms with van der Waals surface area (Å²) >= 11 is 0. The molecule has 0 aromatic heterocycles. The van der Waals surface area contributed by atoms with Crippen molar-refractivity contribution < 1.29 is 19.4 Å². The van der Waals surface area contributed by atoms with Crippen molar-refractivity contribution in [2.75, 3.05) is 26.9 Å². The van der Waals surface area contributed by atoms with Crippen molar-refractivity contribution in [1.82, 2.24) is 5.32 Å². The number of aliphatic hydroxyl groups is 1. The first kappa shape index (κ1) is 14.8. The second kappa shape index (κ2) is 7.26. The first-order chi connectivity index (χ1) is 9.76. The molecular weight excluding hydrogens is 258 g/mol. The Kier molecular flexibility index (Phi) is 5.38. The van der Waals surface area contributed by atoms with E-state index < -0.39 is 0 Å². The van der Waals surface area contributed by atoms with E-state index in [1.54, 1.807) is 7.11 Å². The first-order valence-electron chi connectivity index (χ1n) is 6.88. The van der Waals surface area contributed by atoms with Crippen LogP contribution in [-0.2, 0) is 9.53 Å². The van der Waals surface area contributed by atoms with E-state index in [2.05, 4.69) is 5.32 Å². The zero-order valence-corrected chi connectivity index (χ0v) is 11.7. The van der Waals surface area contributed by atoms with Crippen LogP contribution in [0.2, 0.25) is 0 Å². The summed E-state index contributed by atoms with van der Waals surface area (Å²) in [5, 5.41) is 12.0. The van der Waals surface area contributed by atoms with E-state index in [0.717, 1.165) is 11.3 Å². The van der Waals surface area contributed by atoms with E-state index in [-0.39, 0.29) is 24.5 Å². The Balaban J connectivity index is 2.06. The summed E-state index contributed by atoms with van der Waals surface area (Å²) < 4.78 is 10.6. The molecule has 0 bridgehead atoms. The van der Waals surface area contributed by atoms with Gasteiger partial charge in [0.1, 0.15) is 5.75 Å². The van der Waals surface area contributed by atoms with Crippen molar-refractivity contribution in [3.63, 3.8) is 0 Å². The molecule has 2 unspecified atom stereocenters. The Labute approximate surface area is 118 Å². The lowest BCUT2D eigenvalue weighted by molar-refractivity contribution is -0.124.